The molecule has 0 bridgehead atoms. The Bertz CT molecular complexity index is 646. The number of benzene rings is 1. The van der Waals surface area contributed by atoms with Crippen molar-refractivity contribution in [2.45, 2.75) is 26.2 Å². The number of hydrogen-bond donors (Lipinski definition) is 0. The molecule has 108 valence electrons. The summed E-state index contributed by atoms with van der Waals surface area (Å²) in [5.74, 6) is 1.32. The van der Waals surface area contributed by atoms with Gasteiger partial charge < -0.3 is 14.0 Å². The van der Waals surface area contributed by atoms with Crippen LogP contribution in [-0.2, 0) is 7.05 Å². The predicted octanol–water partition coefficient (Wildman–Crippen LogP) is 3.12. The monoisotopic (exact) mass is 275 g/mol. The zero-order valence-electron chi connectivity index (χ0n) is 12.3. The topological polar surface area (TPSA) is 40.5 Å². The van der Waals surface area contributed by atoms with Crippen LogP contribution >= 0.6 is 0 Å². The first-order valence-corrected chi connectivity index (χ1v) is 6.98. The number of methoxy groups -OCH3 is 1. The molecule has 4 nitrogen and oxygen atoms in total. The van der Waals surface area contributed by atoms with Crippen molar-refractivity contribution >= 4 is 10.9 Å². The Hall–Kier alpha value is -1.97. The van der Waals surface area contributed by atoms with E-state index in [9.17, 15) is 4.79 Å². The number of unbranched alkanes of at least 4 members (excludes halogenated alkanes) is 2. The summed E-state index contributed by atoms with van der Waals surface area (Å²) in [5, 5.41) is 0.971. The second-order valence-electron chi connectivity index (χ2n) is 4.82. The van der Waals surface area contributed by atoms with Crippen molar-refractivity contribution < 1.29 is 9.47 Å². The van der Waals surface area contributed by atoms with Crippen molar-refractivity contribution in [3.8, 4) is 11.5 Å². The molecule has 0 aliphatic carbocycles. The summed E-state index contributed by atoms with van der Waals surface area (Å²) in [6, 6.07) is 7.19. The SMILES string of the molecule is CCCCCOc1c(OC)ccc2ccc(=O)n(C)c12. The van der Waals surface area contributed by atoms with Crippen LogP contribution in [0.2, 0.25) is 0 Å². The highest BCUT2D eigenvalue weighted by Gasteiger charge is 2.12. The second kappa shape index (κ2) is 6.46. The van der Waals surface area contributed by atoms with E-state index in [4.69, 9.17) is 9.47 Å². The Labute approximate surface area is 118 Å². The van der Waals surface area contributed by atoms with Gasteiger partial charge in [-0.25, -0.2) is 0 Å². The van der Waals surface area contributed by atoms with Gasteiger partial charge in [-0.2, -0.15) is 0 Å². The summed E-state index contributed by atoms with van der Waals surface area (Å²) in [6.45, 7) is 2.79. The third kappa shape index (κ3) is 2.79. The number of aryl methyl sites for hydroxylation is 1. The van der Waals surface area contributed by atoms with E-state index in [1.165, 1.54) is 0 Å². The molecular weight excluding hydrogens is 254 g/mol. The molecule has 0 N–H and O–H groups in total. The van der Waals surface area contributed by atoms with Crippen molar-refractivity contribution in [1.29, 1.82) is 0 Å². The molecule has 1 aromatic carbocycles. The van der Waals surface area contributed by atoms with Crippen LogP contribution in [0, 0.1) is 0 Å². The number of ether oxygens (including phenoxy) is 2. The van der Waals surface area contributed by atoms with Crippen molar-refractivity contribution in [3.05, 3.63) is 34.6 Å². The van der Waals surface area contributed by atoms with E-state index < -0.39 is 0 Å². The molecule has 0 atom stereocenters. The van der Waals surface area contributed by atoms with Gasteiger partial charge in [0.05, 0.1) is 19.2 Å². The first-order chi connectivity index (χ1) is 9.69. The summed E-state index contributed by atoms with van der Waals surface area (Å²) in [5.41, 5.74) is 0.734. The van der Waals surface area contributed by atoms with Gasteiger partial charge in [0.15, 0.2) is 11.5 Å². The van der Waals surface area contributed by atoms with Gasteiger partial charge in [0.25, 0.3) is 5.56 Å². The van der Waals surface area contributed by atoms with Crippen molar-refractivity contribution in [3.63, 3.8) is 0 Å². The van der Waals surface area contributed by atoms with Crippen LogP contribution in [0.3, 0.4) is 0 Å². The number of hydrogen-bond acceptors (Lipinski definition) is 3. The molecule has 1 heterocycles. The molecule has 20 heavy (non-hydrogen) atoms. The molecule has 4 heteroatoms. The van der Waals surface area contributed by atoms with Crippen molar-refractivity contribution in [2.24, 2.45) is 7.05 Å². The van der Waals surface area contributed by atoms with Crippen LogP contribution in [0.4, 0.5) is 0 Å². The third-order valence-electron chi connectivity index (χ3n) is 3.41. The summed E-state index contributed by atoms with van der Waals surface area (Å²) < 4.78 is 12.9. The molecule has 0 saturated heterocycles. The van der Waals surface area contributed by atoms with Gasteiger partial charge >= 0.3 is 0 Å². The molecule has 0 spiro atoms. The lowest BCUT2D eigenvalue weighted by atomic mass is 10.2. The van der Waals surface area contributed by atoms with E-state index in [0.717, 1.165) is 30.2 Å². The quantitative estimate of drug-likeness (QED) is 0.760. The fourth-order valence-electron chi connectivity index (χ4n) is 2.26. The number of aromatic nitrogens is 1. The maximum absolute atomic E-state index is 11.8. The van der Waals surface area contributed by atoms with Gasteiger partial charge in [0.1, 0.15) is 0 Å². The van der Waals surface area contributed by atoms with E-state index >= 15 is 0 Å². The van der Waals surface area contributed by atoms with Crippen LogP contribution < -0.4 is 15.0 Å². The van der Waals surface area contributed by atoms with Gasteiger partial charge in [-0.05, 0) is 24.6 Å². The summed E-state index contributed by atoms with van der Waals surface area (Å²) in [6.07, 6.45) is 3.28. The lowest BCUT2D eigenvalue weighted by Gasteiger charge is -2.15. The molecule has 2 aromatic rings. The molecule has 0 fully saturated rings. The van der Waals surface area contributed by atoms with E-state index in [1.54, 1.807) is 24.8 Å². The zero-order valence-corrected chi connectivity index (χ0v) is 12.3. The molecule has 0 amide bonds. The average molecular weight is 275 g/mol. The maximum Gasteiger partial charge on any atom is 0.250 e. The lowest BCUT2D eigenvalue weighted by Crippen LogP contribution is -2.16. The standard InChI is InChI=1S/C16H21NO3/c1-4-5-6-11-20-16-13(19-3)9-7-12-8-10-14(18)17(2)15(12)16/h7-10H,4-6,11H2,1-3H3. The minimum Gasteiger partial charge on any atom is -0.493 e. The normalized spacial score (nSPS) is 10.8. The van der Waals surface area contributed by atoms with Gasteiger partial charge in [-0.3, -0.25) is 4.79 Å². The Morgan fingerprint density at radius 2 is 1.90 bits per heavy atom. The highest BCUT2D eigenvalue weighted by molar-refractivity contribution is 5.87. The van der Waals surface area contributed by atoms with Gasteiger partial charge in [-0.15, -0.1) is 0 Å². The fourth-order valence-corrected chi connectivity index (χ4v) is 2.26. The highest BCUT2D eigenvalue weighted by Crippen LogP contribution is 2.34. The maximum atomic E-state index is 11.8. The van der Waals surface area contributed by atoms with Gasteiger partial charge in [-0.1, -0.05) is 19.8 Å². The van der Waals surface area contributed by atoms with Gasteiger partial charge in [0, 0.05) is 18.5 Å². The Kier molecular flexibility index (Phi) is 4.66. The van der Waals surface area contributed by atoms with E-state index in [-0.39, 0.29) is 5.56 Å². The Morgan fingerprint density at radius 1 is 1.15 bits per heavy atom. The predicted molar refractivity (Wildman–Crippen MR) is 80.8 cm³/mol. The third-order valence-corrected chi connectivity index (χ3v) is 3.41. The molecule has 0 unspecified atom stereocenters. The van der Waals surface area contributed by atoms with Gasteiger partial charge in [0.2, 0.25) is 0 Å². The number of fused-ring (bicyclic) bond motifs is 1. The van der Waals surface area contributed by atoms with Crippen LogP contribution in [0.1, 0.15) is 26.2 Å². The fraction of sp³-hybridized carbons (Fsp3) is 0.438. The van der Waals surface area contributed by atoms with E-state index in [0.29, 0.717) is 18.1 Å². The summed E-state index contributed by atoms with van der Waals surface area (Å²) in [7, 11) is 3.37. The van der Waals surface area contributed by atoms with Crippen molar-refractivity contribution in [1.82, 2.24) is 4.57 Å². The minimum atomic E-state index is -0.0517. The molecule has 0 aliphatic heterocycles. The van der Waals surface area contributed by atoms with Crippen LogP contribution in [0.25, 0.3) is 10.9 Å². The summed E-state index contributed by atoms with van der Waals surface area (Å²) >= 11 is 0. The molecule has 0 radical (unpaired) electrons. The highest BCUT2D eigenvalue weighted by atomic mass is 16.5. The lowest BCUT2D eigenvalue weighted by molar-refractivity contribution is 0.288. The second-order valence-corrected chi connectivity index (χ2v) is 4.82. The molecular formula is C16H21NO3. The smallest absolute Gasteiger partial charge is 0.250 e. The minimum absolute atomic E-state index is 0.0517. The number of pyridine rings is 1. The number of rotatable bonds is 6. The summed E-state index contributed by atoms with van der Waals surface area (Å²) in [4.78, 5) is 11.8. The largest absolute Gasteiger partial charge is 0.493 e. The van der Waals surface area contributed by atoms with E-state index in [2.05, 4.69) is 6.92 Å². The average Bonchev–Trinajstić information content (AvgIpc) is 2.47. The first-order valence-electron chi connectivity index (χ1n) is 6.98. The van der Waals surface area contributed by atoms with E-state index in [1.807, 2.05) is 18.2 Å². The van der Waals surface area contributed by atoms with Crippen molar-refractivity contribution in [2.75, 3.05) is 13.7 Å². The van der Waals surface area contributed by atoms with Crippen LogP contribution in [-0.4, -0.2) is 18.3 Å². The van der Waals surface area contributed by atoms with Crippen LogP contribution in [0.5, 0.6) is 11.5 Å². The Balaban J connectivity index is 2.47. The molecule has 0 aliphatic rings. The first kappa shape index (κ1) is 14.4. The van der Waals surface area contributed by atoms with Crippen LogP contribution in [0.15, 0.2) is 29.1 Å². The number of nitrogens with zero attached hydrogens (tertiary/aromatic N) is 1. The molecule has 0 saturated carbocycles. The molecule has 1 aromatic heterocycles. The zero-order chi connectivity index (χ0) is 14.5. The Morgan fingerprint density at radius 3 is 2.60 bits per heavy atom. The molecule has 2 rings (SSSR count).